The first-order chi connectivity index (χ1) is 12.7. The molecule has 2 heterocycles. The number of hydrogen-bond acceptors (Lipinski definition) is 4. The van der Waals surface area contributed by atoms with E-state index in [2.05, 4.69) is 41.8 Å². The van der Waals surface area contributed by atoms with Crippen molar-refractivity contribution in [3.63, 3.8) is 0 Å². The van der Waals surface area contributed by atoms with Crippen LogP contribution in [0.1, 0.15) is 12.7 Å². The number of aliphatic imine (C=N–C) groups is 1. The predicted octanol–water partition coefficient (Wildman–Crippen LogP) is 3.24. The van der Waals surface area contributed by atoms with Gasteiger partial charge in [0.1, 0.15) is 11.9 Å². The van der Waals surface area contributed by atoms with Crippen LogP contribution in [-0.2, 0) is 6.54 Å². The van der Waals surface area contributed by atoms with Crippen molar-refractivity contribution in [2.45, 2.75) is 19.6 Å². The SMILES string of the molecule is CN=C(NCc1nnc2ccccn12)NCC(C)Oc1ccccc1Br.I. The summed E-state index contributed by atoms with van der Waals surface area (Å²) in [6.07, 6.45) is 1.91. The Morgan fingerprint density at radius 1 is 1.19 bits per heavy atom. The van der Waals surface area contributed by atoms with Crippen molar-refractivity contribution in [3.8, 4) is 5.75 Å². The van der Waals surface area contributed by atoms with Crippen molar-refractivity contribution in [2.24, 2.45) is 4.99 Å². The number of pyridine rings is 1. The Bertz CT molecular complexity index is 900. The Morgan fingerprint density at radius 2 is 1.96 bits per heavy atom. The largest absolute Gasteiger partial charge is 0.488 e. The summed E-state index contributed by atoms with van der Waals surface area (Å²) in [4.78, 5) is 4.24. The Labute approximate surface area is 183 Å². The molecule has 7 nitrogen and oxygen atoms in total. The number of rotatable bonds is 6. The van der Waals surface area contributed by atoms with Crippen LogP contribution in [0.15, 0.2) is 58.1 Å². The molecule has 0 aliphatic heterocycles. The van der Waals surface area contributed by atoms with Crippen molar-refractivity contribution in [1.82, 2.24) is 25.2 Å². The van der Waals surface area contributed by atoms with Gasteiger partial charge in [-0.05, 0) is 47.1 Å². The fourth-order valence-corrected chi connectivity index (χ4v) is 2.81. The minimum Gasteiger partial charge on any atom is -0.488 e. The molecule has 0 aliphatic carbocycles. The van der Waals surface area contributed by atoms with E-state index in [-0.39, 0.29) is 30.1 Å². The lowest BCUT2D eigenvalue weighted by Crippen LogP contribution is -2.41. The van der Waals surface area contributed by atoms with Crippen molar-refractivity contribution >= 4 is 51.5 Å². The molecular formula is C18H22BrIN6O. The minimum absolute atomic E-state index is 0. The fourth-order valence-electron chi connectivity index (χ4n) is 2.43. The normalized spacial score (nSPS) is 12.3. The van der Waals surface area contributed by atoms with Crippen LogP contribution in [0, 0.1) is 0 Å². The van der Waals surface area contributed by atoms with Crippen LogP contribution in [0.5, 0.6) is 5.75 Å². The quantitative estimate of drug-likeness (QED) is 0.283. The third kappa shape index (κ3) is 5.80. The van der Waals surface area contributed by atoms with E-state index < -0.39 is 0 Å². The zero-order chi connectivity index (χ0) is 18.4. The molecule has 0 radical (unpaired) electrons. The maximum absolute atomic E-state index is 5.93. The molecule has 2 aromatic heterocycles. The summed E-state index contributed by atoms with van der Waals surface area (Å²) in [5, 5.41) is 14.8. The topological polar surface area (TPSA) is 75.8 Å². The molecule has 1 aromatic carbocycles. The van der Waals surface area contributed by atoms with Crippen LogP contribution in [0.4, 0.5) is 0 Å². The molecule has 3 aromatic rings. The summed E-state index contributed by atoms with van der Waals surface area (Å²) in [7, 11) is 1.73. The Balaban J connectivity index is 0.00000261. The third-order valence-corrected chi connectivity index (χ3v) is 4.40. The molecule has 0 spiro atoms. The first-order valence-corrected chi connectivity index (χ1v) is 9.11. The second-order valence-corrected chi connectivity index (χ2v) is 6.56. The average Bonchev–Trinajstić information content (AvgIpc) is 3.07. The van der Waals surface area contributed by atoms with Gasteiger partial charge in [-0.25, -0.2) is 0 Å². The minimum atomic E-state index is -0.0267. The molecule has 2 N–H and O–H groups in total. The summed E-state index contributed by atoms with van der Waals surface area (Å²) in [6, 6.07) is 13.6. The lowest BCUT2D eigenvalue weighted by atomic mass is 10.3. The van der Waals surface area contributed by atoms with E-state index in [0.29, 0.717) is 19.0 Å². The van der Waals surface area contributed by atoms with Crippen molar-refractivity contribution in [2.75, 3.05) is 13.6 Å². The molecule has 0 fully saturated rings. The van der Waals surface area contributed by atoms with Gasteiger partial charge < -0.3 is 15.4 Å². The molecular weight excluding hydrogens is 523 g/mol. The molecule has 144 valence electrons. The van der Waals surface area contributed by atoms with Crippen LogP contribution in [0.25, 0.3) is 5.65 Å². The summed E-state index contributed by atoms with van der Waals surface area (Å²) in [5.41, 5.74) is 0.822. The Hall–Kier alpha value is -1.88. The fraction of sp³-hybridized carbons (Fsp3) is 0.278. The highest BCUT2D eigenvalue weighted by Gasteiger charge is 2.09. The lowest BCUT2D eigenvalue weighted by molar-refractivity contribution is 0.222. The van der Waals surface area contributed by atoms with Crippen LogP contribution in [-0.4, -0.2) is 40.3 Å². The number of guanidine groups is 1. The third-order valence-electron chi connectivity index (χ3n) is 3.74. The van der Waals surface area contributed by atoms with E-state index in [1.54, 1.807) is 7.05 Å². The van der Waals surface area contributed by atoms with Crippen LogP contribution in [0.2, 0.25) is 0 Å². The van der Waals surface area contributed by atoms with Gasteiger partial charge in [0.2, 0.25) is 0 Å². The molecule has 1 unspecified atom stereocenters. The highest BCUT2D eigenvalue weighted by molar-refractivity contribution is 14.0. The van der Waals surface area contributed by atoms with E-state index in [1.807, 2.05) is 60.0 Å². The monoisotopic (exact) mass is 544 g/mol. The lowest BCUT2D eigenvalue weighted by Gasteiger charge is -2.18. The van der Waals surface area contributed by atoms with Gasteiger partial charge in [0.05, 0.1) is 17.6 Å². The summed E-state index contributed by atoms with van der Waals surface area (Å²) in [6.45, 7) is 3.14. The summed E-state index contributed by atoms with van der Waals surface area (Å²) < 4.78 is 8.81. The standard InChI is InChI=1S/C18H21BrN6O.HI/c1-13(26-15-8-4-3-7-14(15)19)11-21-18(20-2)22-12-17-24-23-16-9-5-6-10-25(16)17;/h3-10,13H,11-12H2,1-2H3,(H2,20,21,22);1H. The first kappa shape index (κ1) is 21.4. The van der Waals surface area contributed by atoms with Gasteiger partial charge in [-0.15, -0.1) is 34.2 Å². The first-order valence-electron chi connectivity index (χ1n) is 8.31. The Morgan fingerprint density at radius 3 is 2.74 bits per heavy atom. The number of nitrogens with zero attached hydrogens (tertiary/aromatic N) is 4. The van der Waals surface area contributed by atoms with Gasteiger partial charge in [-0.1, -0.05) is 18.2 Å². The second kappa shape index (κ2) is 10.5. The summed E-state index contributed by atoms with van der Waals surface area (Å²) >= 11 is 3.49. The summed E-state index contributed by atoms with van der Waals surface area (Å²) in [5.74, 6) is 2.32. The second-order valence-electron chi connectivity index (χ2n) is 5.71. The van der Waals surface area contributed by atoms with Gasteiger partial charge in [-0.2, -0.15) is 0 Å². The number of halogens is 2. The van der Waals surface area contributed by atoms with Crippen molar-refractivity contribution in [3.05, 3.63) is 59.0 Å². The maximum atomic E-state index is 5.93. The molecule has 3 rings (SSSR count). The van der Waals surface area contributed by atoms with E-state index in [9.17, 15) is 0 Å². The van der Waals surface area contributed by atoms with Gasteiger partial charge >= 0.3 is 0 Å². The number of aromatic nitrogens is 3. The maximum Gasteiger partial charge on any atom is 0.191 e. The molecule has 9 heteroatoms. The molecule has 1 atom stereocenters. The molecule has 27 heavy (non-hydrogen) atoms. The van der Waals surface area contributed by atoms with E-state index in [4.69, 9.17) is 4.74 Å². The highest BCUT2D eigenvalue weighted by atomic mass is 127. The van der Waals surface area contributed by atoms with Gasteiger partial charge in [-0.3, -0.25) is 9.39 Å². The molecule has 0 aliphatic rings. The van der Waals surface area contributed by atoms with E-state index in [1.165, 1.54) is 0 Å². The average molecular weight is 545 g/mol. The van der Waals surface area contributed by atoms with Crippen molar-refractivity contribution in [1.29, 1.82) is 0 Å². The van der Waals surface area contributed by atoms with Crippen LogP contribution >= 0.6 is 39.9 Å². The van der Waals surface area contributed by atoms with Crippen LogP contribution in [0.3, 0.4) is 0 Å². The smallest absolute Gasteiger partial charge is 0.191 e. The highest BCUT2D eigenvalue weighted by Crippen LogP contribution is 2.24. The number of nitrogens with one attached hydrogen (secondary N) is 2. The van der Waals surface area contributed by atoms with Crippen molar-refractivity contribution < 1.29 is 4.74 Å². The molecule has 0 saturated heterocycles. The van der Waals surface area contributed by atoms with Gasteiger partial charge in [0.25, 0.3) is 0 Å². The number of ether oxygens (including phenoxy) is 1. The molecule has 0 amide bonds. The predicted molar refractivity (Wildman–Crippen MR) is 121 cm³/mol. The van der Waals surface area contributed by atoms with Crippen LogP contribution < -0.4 is 15.4 Å². The van der Waals surface area contributed by atoms with E-state index >= 15 is 0 Å². The Kier molecular flexibility index (Phi) is 8.29. The zero-order valence-corrected chi connectivity index (χ0v) is 19.0. The number of benzene rings is 1. The van der Waals surface area contributed by atoms with Gasteiger partial charge in [0, 0.05) is 13.2 Å². The number of hydrogen-bond donors (Lipinski definition) is 2. The number of para-hydroxylation sites is 1. The van der Waals surface area contributed by atoms with Gasteiger partial charge in [0.15, 0.2) is 17.4 Å². The van der Waals surface area contributed by atoms with E-state index in [0.717, 1.165) is 21.7 Å². The number of fused-ring (bicyclic) bond motifs is 1. The molecule has 0 saturated carbocycles. The molecule has 0 bridgehead atoms. The zero-order valence-electron chi connectivity index (χ0n) is 15.1.